The van der Waals surface area contributed by atoms with Gasteiger partial charge in [0.05, 0.1) is 18.0 Å². The molecule has 3 heterocycles. The molecule has 0 fully saturated rings. The van der Waals surface area contributed by atoms with Crippen molar-refractivity contribution in [1.82, 2.24) is 0 Å². The molecule has 2 aromatic heterocycles. The molecule has 0 saturated heterocycles. The van der Waals surface area contributed by atoms with Crippen LogP contribution in [0.15, 0.2) is 53.2 Å². The molecule has 1 unspecified atom stereocenters. The molecule has 0 aliphatic carbocycles. The Labute approximate surface area is 167 Å². The van der Waals surface area contributed by atoms with Crippen LogP contribution in [0.4, 0.5) is 5.69 Å². The van der Waals surface area contributed by atoms with Gasteiger partial charge < -0.3 is 15.0 Å². The number of thiophene rings is 2. The Hall–Kier alpha value is -2.15. The second kappa shape index (κ2) is 8.25. The number of quaternary nitrogens is 1. The zero-order chi connectivity index (χ0) is 18.6. The molecule has 4 nitrogen and oxygen atoms in total. The molecule has 4 rings (SSSR count). The molecule has 1 aliphatic rings. The normalized spacial score (nSPS) is 18.7. The van der Waals surface area contributed by atoms with E-state index < -0.39 is 0 Å². The molecular weight excluding hydrogens is 376 g/mol. The molecule has 2 N–H and O–H groups in total. The van der Waals surface area contributed by atoms with Crippen molar-refractivity contribution in [2.45, 2.75) is 19.4 Å². The van der Waals surface area contributed by atoms with Gasteiger partial charge in [-0.1, -0.05) is 6.07 Å². The summed E-state index contributed by atoms with van der Waals surface area (Å²) < 4.78 is 5.45. The van der Waals surface area contributed by atoms with Gasteiger partial charge in [-0.2, -0.15) is 0 Å². The minimum atomic E-state index is 0.0504. The number of ether oxygens (including phenoxy) is 1. The average Bonchev–Trinajstić information content (AvgIpc) is 3.35. The van der Waals surface area contributed by atoms with E-state index in [1.165, 1.54) is 20.2 Å². The summed E-state index contributed by atoms with van der Waals surface area (Å²) in [7, 11) is 0. The number of nitrogens with one attached hydrogen (secondary N) is 2. The van der Waals surface area contributed by atoms with Gasteiger partial charge in [0, 0.05) is 22.5 Å². The molecule has 0 saturated carbocycles. The Morgan fingerprint density at radius 2 is 2.04 bits per heavy atom. The summed E-state index contributed by atoms with van der Waals surface area (Å²) in [4.78, 5) is 16.8. The third-order valence-electron chi connectivity index (χ3n) is 4.84. The van der Waals surface area contributed by atoms with Gasteiger partial charge in [-0.25, -0.2) is 0 Å². The lowest BCUT2D eigenvalue weighted by atomic mass is 9.98. The van der Waals surface area contributed by atoms with Crippen molar-refractivity contribution < 1.29 is 14.4 Å². The maximum Gasteiger partial charge on any atom is 0.279 e. The van der Waals surface area contributed by atoms with Gasteiger partial charge >= 0.3 is 0 Å². The number of fused-ring (bicyclic) bond motifs is 1. The van der Waals surface area contributed by atoms with Crippen molar-refractivity contribution in [2.75, 3.05) is 25.0 Å². The minimum Gasteiger partial charge on any atom is -0.494 e. The zero-order valence-corrected chi connectivity index (χ0v) is 16.9. The van der Waals surface area contributed by atoms with Crippen molar-refractivity contribution in [3.8, 4) is 5.75 Å². The van der Waals surface area contributed by atoms with Gasteiger partial charge in [-0.3, -0.25) is 4.79 Å². The van der Waals surface area contributed by atoms with E-state index in [2.05, 4.69) is 34.3 Å². The molecular formula is C21H23N2O2S2+. The summed E-state index contributed by atoms with van der Waals surface area (Å²) in [6.07, 6.45) is 1.04. The van der Waals surface area contributed by atoms with E-state index in [9.17, 15) is 4.79 Å². The van der Waals surface area contributed by atoms with Gasteiger partial charge in [0.1, 0.15) is 11.8 Å². The summed E-state index contributed by atoms with van der Waals surface area (Å²) in [5.41, 5.74) is 2.20. The maximum absolute atomic E-state index is 12.7. The van der Waals surface area contributed by atoms with Crippen LogP contribution < -0.4 is 15.0 Å². The highest BCUT2D eigenvalue weighted by molar-refractivity contribution is 7.10. The molecule has 3 aromatic rings. The van der Waals surface area contributed by atoms with Crippen LogP contribution in [-0.4, -0.2) is 25.6 Å². The number of rotatable bonds is 6. The van der Waals surface area contributed by atoms with Gasteiger partial charge in [0.25, 0.3) is 5.91 Å². The zero-order valence-electron chi connectivity index (χ0n) is 15.2. The van der Waals surface area contributed by atoms with Crippen LogP contribution in [-0.2, 0) is 11.2 Å². The summed E-state index contributed by atoms with van der Waals surface area (Å²) in [5.74, 6) is 0.870. The number of carbonyl (C=O) groups excluding carboxylic acids is 1. The molecule has 6 heteroatoms. The topological polar surface area (TPSA) is 42.8 Å². The van der Waals surface area contributed by atoms with E-state index in [1.807, 2.05) is 42.5 Å². The van der Waals surface area contributed by atoms with Crippen molar-refractivity contribution in [1.29, 1.82) is 0 Å². The smallest absolute Gasteiger partial charge is 0.279 e. The molecule has 1 amide bonds. The van der Waals surface area contributed by atoms with Crippen LogP contribution in [0.25, 0.3) is 0 Å². The van der Waals surface area contributed by atoms with Crippen LogP contribution >= 0.6 is 22.7 Å². The van der Waals surface area contributed by atoms with E-state index in [4.69, 9.17) is 4.74 Å². The third-order valence-corrected chi connectivity index (χ3v) is 6.77. The minimum absolute atomic E-state index is 0.0504. The standard InChI is InChI=1S/C21H22N2O2S2/c1-2-25-16-7-5-15(6-8-16)22-20(24)14-23-11-9-18-17(10-13-27-18)21(23)19-4-3-12-26-19/h3-8,10,12-13,21H,2,9,11,14H2,1H3,(H,22,24)/p+1/t21-/m0/s1. The lowest BCUT2D eigenvalue weighted by Crippen LogP contribution is -3.14. The van der Waals surface area contributed by atoms with Crippen LogP contribution in [0.2, 0.25) is 0 Å². The largest absolute Gasteiger partial charge is 0.494 e. The molecule has 2 atom stereocenters. The Balaban J connectivity index is 1.47. The summed E-state index contributed by atoms with van der Waals surface area (Å²) in [6.45, 7) is 4.04. The molecule has 0 bridgehead atoms. The lowest BCUT2D eigenvalue weighted by molar-refractivity contribution is -0.919. The van der Waals surface area contributed by atoms with Gasteiger partial charge in [0.2, 0.25) is 0 Å². The van der Waals surface area contributed by atoms with Crippen LogP contribution in [0.3, 0.4) is 0 Å². The SMILES string of the molecule is CCOc1ccc(NC(=O)C[NH+]2CCc3sccc3[C@H]2c2cccs2)cc1. The van der Waals surface area contributed by atoms with Crippen LogP contribution in [0.5, 0.6) is 5.75 Å². The Kier molecular flexibility index (Phi) is 5.57. The van der Waals surface area contributed by atoms with Crippen LogP contribution in [0.1, 0.15) is 28.3 Å². The first-order valence-electron chi connectivity index (χ1n) is 9.21. The second-order valence-corrected chi connectivity index (χ2v) is 8.57. The second-order valence-electron chi connectivity index (χ2n) is 6.59. The molecule has 0 spiro atoms. The summed E-state index contributed by atoms with van der Waals surface area (Å²) in [5, 5.41) is 7.33. The molecule has 0 radical (unpaired) electrons. The number of benzene rings is 1. The number of hydrogen-bond donors (Lipinski definition) is 2. The first-order chi connectivity index (χ1) is 13.2. The highest BCUT2D eigenvalue weighted by Crippen LogP contribution is 2.31. The molecule has 140 valence electrons. The number of anilines is 1. The number of amides is 1. The van der Waals surface area contributed by atoms with Crippen molar-refractivity contribution in [2.24, 2.45) is 0 Å². The lowest BCUT2D eigenvalue weighted by Gasteiger charge is -2.31. The summed E-state index contributed by atoms with van der Waals surface area (Å²) >= 11 is 3.61. The van der Waals surface area contributed by atoms with E-state index >= 15 is 0 Å². The highest BCUT2D eigenvalue weighted by atomic mass is 32.1. The monoisotopic (exact) mass is 399 g/mol. The van der Waals surface area contributed by atoms with E-state index in [-0.39, 0.29) is 11.9 Å². The van der Waals surface area contributed by atoms with E-state index in [0.717, 1.165) is 24.4 Å². The first-order valence-corrected chi connectivity index (χ1v) is 11.0. The van der Waals surface area contributed by atoms with Crippen molar-refractivity contribution in [3.63, 3.8) is 0 Å². The predicted octanol–water partition coefficient (Wildman–Crippen LogP) is 3.38. The quantitative estimate of drug-likeness (QED) is 0.667. The molecule has 1 aromatic carbocycles. The third kappa shape index (κ3) is 4.08. The fraction of sp³-hybridized carbons (Fsp3) is 0.286. The molecule has 27 heavy (non-hydrogen) atoms. The Bertz CT molecular complexity index is 887. The predicted molar refractivity (Wildman–Crippen MR) is 111 cm³/mol. The van der Waals surface area contributed by atoms with Crippen LogP contribution in [0, 0.1) is 0 Å². The Morgan fingerprint density at radius 1 is 1.19 bits per heavy atom. The van der Waals surface area contributed by atoms with Gasteiger partial charge in [0.15, 0.2) is 6.54 Å². The number of carbonyl (C=O) groups is 1. The van der Waals surface area contributed by atoms with E-state index in [1.54, 1.807) is 11.3 Å². The van der Waals surface area contributed by atoms with Gasteiger partial charge in [-0.05, 0) is 54.1 Å². The average molecular weight is 400 g/mol. The van der Waals surface area contributed by atoms with Crippen molar-refractivity contribution >= 4 is 34.3 Å². The fourth-order valence-corrected chi connectivity index (χ4v) is 5.48. The van der Waals surface area contributed by atoms with Gasteiger partial charge in [-0.15, -0.1) is 22.7 Å². The van der Waals surface area contributed by atoms with Crippen molar-refractivity contribution in [3.05, 3.63) is 68.5 Å². The maximum atomic E-state index is 12.7. The highest BCUT2D eigenvalue weighted by Gasteiger charge is 2.35. The Morgan fingerprint density at radius 3 is 2.78 bits per heavy atom. The van der Waals surface area contributed by atoms with E-state index in [0.29, 0.717) is 13.2 Å². The first kappa shape index (κ1) is 18.2. The molecule has 1 aliphatic heterocycles. The number of hydrogen-bond acceptors (Lipinski definition) is 4. The fourth-order valence-electron chi connectivity index (χ4n) is 3.66. The summed E-state index contributed by atoms with van der Waals surface area (Å²) in [6, 6.07) is 14.3.